The highest BCUT2D eigenvalue weighted by atomic mass is 35.5. The fourth-order valence-electron chi connectivity index (χ4n) is 2.56. The quantitative estimate of drug-likeness (QED) is 0.865. The van der Waals surface area contributed by atoms with E-state index in [0.717, 1.165) is 0 Å². The maximum atomic E-state index is 13.8. The molecule has 2 heterocycles. The largest absolute Gasteiger partial charge is 0.474 e. The molecular weight excluding hydrogens is 321 g/mol. The predicted octanol–water partition coefficient (Wildman–Crippen LogP) is 2.95. The monoisotopic (exact) mass is 335 g/mol. The van der Waals surface area contributed by atoms with Crippen molar-refractivity contribution in [1.29, 1.82) is 0 Å². The van der Waals surface area contributed by atoms with Gasteiger partial charge < -0.3 is 9.64 Å². The van der Waals surface area contributed by atoms with Crippen molar-refractivity contribution in [3.63, 3.8) is 0 Å². The molecule has 0 radical (unpaired) electrons. The Kier molecular flexibility index (Phi) is 4.71. The van der Waals surface area contributed by atoms with Crippen molar-refractivity contribution in [2.45, 2.75) is 18.9 Å². The lowest BCUT2D eigenvalue weighted by Crippen LogP contribution is -2.42. The summed E-state index contributed by atoms with van der Waals surface area (Å²) in [4.78, 5) is 21.9. The van der Waals surface area contributed by atoms with Gasteiger partial charge in [-0.05, 0) is 12.1 Å². The van der Waals surface area contributed by atoms with E-state index in [1.165, 1.54) is 24.5 Å². The minimum atomic E-state index is -0.596. The summed E-state index contributed by atoms with van der Waals surface area (Å²) in [6.45, 7) is 0.971. The molecule has 0 saturated carbocycles. The van der Waals surface area contributed by atoms with E-state index in [-0.39, 0.29) is 22.6 Å². The maximum absolute atomic E-state index is 13.8. The molecule has 7 heteroatoms. The number of benzene rings is 1. The number of ether oxygens (including phenoxy) is 1. The zero-order chi connectivity index (χ0) is 16.2. The minimum Gasteiger partial charge on any atom is -0.474 e. The van der Waals surface area contributed by atoms with Gasteiger partial charge in [0.1, 0.15) is 18.2 Å². The molecule has 120 valence electrons. The van der Waals surface area contributed by atoms with Crippen molar-refractivity contribution in [1.82, 2.24) is 14.9 Å². The van der Waals surface area contributed by atoms with Gasteiger partial charge in [0.25, 0.3) is 5.91 Å². The molecule has 0 aliphatic carbocycles. The third-order valence-corrected chi connectivity index (χ3v) is 4.06. The molecule has 0 unspecified atom stereocenters. The van der Waals surface area contributed by atoms with Crippen molar-refractivity contribution in [2.75, 3.05) is 13.1 Å². The first-order chi connectivity index (χ1) is 11.1. The Morgan fingerprint density at radius 3 is 2.74 bits per heavy atom. The van der Waals surface area contributed by atoms with E-state index in [1.807, 2.05) is 0 Å². The summed E-state index contributed by atoms with van der Waals surface area (Å²) >= 11 is 5.95. The molecule has 1 aliphatic rings. The number of aromatic nitrogens is 2. The van der Waals surface area contributed by atoms with Crippen LogP contribution >= 0.6 is 11.6 Å². The van der Waals surface area contributed by atoms with E-state index in [9.17, 15) is 9.18 Å². The summed E-state index contributed by atoms with van der Waals surface area (Å²) < 4.78 is 19.6. The third kappa shape index (κ3) is 3.59. The van der Waals surface area contributed by atoms with Gasteiger partial charge in [-0.1, -0.05) is 17.7 Å². The molecule has 2 aromatic rings. The summed E-state index contributed by atoms with van der Waals surface area (Å²) in [5, 5.41) is 0.134. The van der Waals surface area contributed by atoms with Crippen LogP contribution in [0.1, 0.15) is 23.2 Å². The Bertz CT molecular complexity index is 671. The second kappa shape index (κ2) is 6.91. The van der Waals surface area contributed by atoms with E-state index in [1.54, 1.807) is 17.2 Å². The first kappa shape index (κ1) is 15.7. The van der Waals surface area contributed by atoms with Gasteiger partial charge in [0.05, 0.1) is 10.6 Å². The van der Waals surface area contributed by atoms with Crippen molar-refractivity contribution in [3.05, 3.63) is 53.2 Å². The van der Waals surface area contributed by atoms with Gasteiger partial charge in [0.2, 0.25) is 5.88 Å². The Hall–Kier alpha value is -2.21. The van der Waals surface area contributed by atoms with E-state index < -0.39 is 5.82 Å². The molecule has 0 atom stereocenters. The van der Waals surface area contributed by atoms with Gasteiger partial charge in [-0.3, -0.25) is 4.79 Å². The van der Waals surface area contributed by atoms with Crippen LogP contribution in [-0.4, -0.2) is 40.0 Å². The van der Waals surface area contributed by atoms with Crippen molar-refractivity contribution in [3.8, 4) is 5.88 Å². The molecule has 0 spiro atoms. The number of carbonyl (C=O) groups is 1. The van der Waals surface area contributed by atoms with E-state index in [2.05, 4.69) is 9.97 Å². The van der Waals surface area contributed by atoms with Crippen molar-refractivity contribution >= 4 is 17.5 Å². The van der Waals surface area contributed by atoms with E-state index in [4.69, 9.17) is 16.3 Å². The van der Waals surface area contributed by atoms with Gasteiger partial charge in [-0.25, -0.2) is 14.4 Å². The standard InChI is InChI=1S/C16H15ClFN3O2/c17-12-2-1-3-13(18)15(12)16(22)21-8-5-11(6-9-21)23-14-4-7-19-10-20-14/h1-4,7,10-11H,5-6,8-9H2. The SMILES string of the molecule is O=C(c1c(F)cccc1Cl)N1CCC(Oc2ccncn2)CC1. The topological polar surface area (TPSA) is 55.3 Å². The molecule has 1 aromatic carbocycles. The normalized spacial score (nSPS) is 15.5. The second-order valence-corrected chi connectivity index (χ2v) is 5.66. The van der Waals surface area contributed by atoms with Crippen LogP contribution in [0.4, 0.5) is 4.39 Å². The van der Waals surface area contributed by atoms with Crippen LogP contribution in [0.15, 0.2) is 36.8 Å². The van der Waals surface area contributed by atoms with E-state index >= 15 is 0 Å². The highest BCUT2D eigenvalue weighted by molar-refractivity contribution is 6.33. The molecule has 1 aromatic heterocycles. The lowest BCUT2D eigenvalue weighted by molar-refractivity contribution is 0.0583. The number of carbonyl (C=O) groups excluding carboxylic acids is 1. The van der Waals surface area contributed by atoms with Crippen LogP contribution in [0.5, 0.6) is 5.88 Å². The second-order valence-electron chi connectivity index (χ2n) is 5.25. The van der Waals surface area contributed by atoms with Crippen LogP contribution in [0, 0.1) is 5.82 Å². The highest BCUT2D eigenvalue weighted by Gasteiger charge is 2.27. The lowest BCUT2D eigenvalue weighted by atomic mass is 10.1. The molecule has 1 fully saturated rings. The molecule has 23 heavy (non-hydrogen) atoms. The van der Waals surface area contributed by atoms with Gasteiger partial charge in [-0.15, -0.1) is 0 Å². The van der Waals surface area contributed by atoms with Crippen LogP contribution in [-0.2, 0) is 0 Å². The first-order valence-electron chi connectivity index (χ1n) is 7.31. The molecule has 0 bridgehead atoms. The summed E-state index contributed by atoms with van der Waals surface area (Å²) in [6, 6.07) is 5.93. The average molecular weight is 336 g/mol. The Morgan fingerprint density at radius 1 is 1.30 bits per heavy atom. The lowest BCUT2D eigenvalue weighted by Gasteiger charge is -2.32. The van der Waals surface area contributed by atoms with Crippen molar-refractivity contribution < 1.29 is 13.9 Å². The van der Waals surface area contributed by atoms with Gasteiger partial charge in [0, 0.05) is 38.2 Å². The Morgan fingerprint density at radius 2 is 2.09 bits per heavy atom. The van der Waals surface area contributed by atoms with Crippen molar-refractivity contribution in [2.24, 2.45) is 0 Å². The first-order valence-corrected chi connectivity index (χ1v) is 7.69. The maximum Gasteiger partial charge on any atom is 0.258 e. The molecular formula is C16H15ClFN3O2. The average Bonchev–Trinajstić information content (AvgIpc) is 2.56. The van der Waals surface area contributed by atoms with E-state index in [0.29, 0.717) is 31.8 Å². The highest BCUT2D eigenvalue weighted by Crippen LogP contribution is 2.23. The van der Waals surface area contributed by atoms with Gasteiger partial charge in [0.15, 0.2) is 0 Å². The number of halogens is 2. The third-order valence-electron chi connectivity index (χ3n) is 3.75. The zero-order valence-electron chi connectivity index (χ0n) is 12.3. The smallest absolute Gasteiger partial charge is 0.258 e. The molecule has 1 saturated heterocycles. The number of hydrogen-bond acceptors (Lipinski definition) is 4. The summed E-state index contributed by atoms with van der Waals surface area (Å²) in [7, 11) is 0. The molecule has 1 amide bonds. The molecule has 1 aliphatic heterocycles. The fourth-order valence-corrected chi connectivity index (χ4v) is 2.80. The van der Waals surface area contributed by atoms with Gasteiger partial charge in [-0.2, -0.15) is 0 Å². The molecule has 0 N–H and O–H groups in total. The predicted molar refractivity (Wildman–Crippen MR) is 83.0 cm³/mol. The zero-order valence-corrected chi connectivity index (χ0v) is 13.0. The van der Waals surface area contributed by atoms with Crippen LogP contribution in [0.3, 0.4) is 0 Å². The molecule has 3 rings (SSSR count). The Labute approximate surface area is 138 Å². The van der Waals surface area contributed by atoms with Crippen LogP contribution < -0.4 is 4.74 Å². The number of rotatable bonds is 3. The fraction of sp³-hybridized carbons (Fsp3) is 0.312. The summed E-state index contributed by atoms with van der Waals surface area (Å²) in [5.41, 5.74) is -0.0654. The number of likely N-dealkylation sites (tertiary alicyclic amines) is 1. The minimum absolute atomic E-state index is 0.0231. The van der Waals surface area contributed by atoms with Crippen LogP contribution in [0.25, 0.3) is 0 Å². The number of hydrogen-bond donors (Lipinski definition) is 0. The number of nitrogens with zero attached hydrogens (tertiary/aromatic N) is 3. The summed E-state index contributed by atoms with van der Waals surface area (Å²) in [6.07, 6.45) is 4.32. The van der Waals surface area contributed by atoms with Crippen LogP contribution in [0.2, 0.25) is 5.02 Å². The Balaban J connectivity index is 1.62. The van der Waals surface area contributed by atoms with Gasteiger partial charge >= 0.3 is 0 Å². The number of amides is 1. The summed E-state index contributed by atoms with van der Waals surface area (Å²) in [5.74, 6) is -0.461. The number of piperidine rings is 1. The molecule has 5 nitrogen and oxygen atoms in total.